The van der Waals surface area contributed by atoms with E-state index in [9.17, 15) is 29.4 Å². The minimum atomic E-state index is -1.61. The summed E-state index contributed by atoms with van der Waals surface area (Å²) >= 11 is 1.20. The van der Waals surface area contributed by atoms with Crippen LogP contribution in [0.5, 0.6) is 5.75 Å². The normalized spacial score (nSPS) is 26.5. The Morgan fingerprint density at radius 1 is 1.31 bits per heavy atom. The van der Waals surface area contributed by atoms with Crippen molar-refractivity contribution in [2.45, 2.75) is 49.0 Å². The van der Waals surface area contributed by atoms with E-state index >= 15 is 0 Å². The molecule has 2 heterocycles. The number of β-lactam (4-membered cyclic amide) rings is 1. The Kier molecular flexibility index (Phi) is 5.01. The molecule has 0 unspecified atom stereocenters. The molecule has 2 saturated heterocycles. The van der Waals surface area contributed by atoms with E-state index in [1.165, 1.54) is 23.6 Å². The largest absolute Gasteiger partial charge is 0.508 e. The number of methoxy groups -OCH3 is 1. The van der Waals surface area contributed by atoms with E-state index < -0.39 is 87.5 Å². The molecule has 2 aliphatic rings. The van der Waals surface area contributed by atoms with Crippen LogP contribution in [0.4, 0.5) is 0 Å². The van der Waals surface area contributed by atoms with Gasteiger partial charge in [0.2, 0.25) is 11.8 Å². The third-order valence-corrected chi connectivity index (χ3v) is 6.63. The van der Waals surface area contributed by atoms with Gasteiger partial charge in [0.1, 0.15) is 29.2 Å². The van der Waals surface area contributed by atoms with Crippen molar-refractivity contribution < 1.29 is 39.6 Å². The maximum absolute atomic E-state index is 13.4. The fourth-order valence-electron chi connectivity index (χ4n) is 3.62. The van der Waals surface area contributed by atoms with Gasteiger partial charge in [0.05, 0.1) is 12.6 Å². The lowest BCUT2D eigenvalue weighted by Gasteiger charge is -2.44. The number of aromatic hydroxyl groups is 1. The molecule has 2 aliphatic heterocycles. The van der Waals surface area contributed by atoms with Gasteiger partial charge in [-0.25, -0.2) is 9.59 Å². The Labute approximate surface area is 194 Å². The molecule has 0 spiro atoms. The van der Waals surface area contributed by atoms with E-state index in [1.807, 2.05) is 0 Å². The number of rotatable bonds is 7. The van der Waals surface area contributed by atoms with Gasteiger partial charge in [0, 0.05) is 16.5 Å². The van der Waals surface area contributed by atoms with Gasteiger partial charge < -0.3 is 30.5 Å². The van der Waals surface area contributed by atoms with Crippen molar-refractivity contribution >= 4 is 35.5 Å². The molecule has 10 nitrogen and oxygen atoms in total. The molecule has 1 aromatic rings. The van der Waals surface area contributed by atoms with E-state index in [1.54, 1.807) is 13.8 Å². The molecule has 0 radical (unpaired) electrons. The Morgan fingerprint density at radius 3 is 2.50 bits per heavy atom. The smallest absolute Gasteiger partial charge is 0.332 e. The summed E-state index contributed by atoms with van der Waals surface area (Å²) in [4.78, 5) is 50.7. The molecule has 11 heteroatoms. The number of thioether (sulfide) groups is 1. The third-order valence-electron chi connectivity index (χ3n) is 5.06. The van der Waals surface area contributed by atoms with Crippen LogP contribution in [0.15, 0.2) is 35.9 Å². The molecule has 3 rings (SSSR count). The van der Waals surface area contributed by atoms with Crippen LogP contribution in [0.2, 0.25) is 0 Å². The first-order chi connectivity index (χ1) is 16.6. The van der Waals surface area contributed by atoms with Crippen molar-refractivity contribution in [2.75, 3.05) is 7.11 Å². The van der Waals surface area contributed by atoms with E-state index in [2.05, 4.69) is 15.4 Å². The van der Waals surface area contributed by atoms with Crippen molar-refractivity contribution in [3.63, 3.8) is 0 Å². The average Bonchev–Trinajstić information content (AvgIpc) is 3.06. The zero-order chi connectivity index (χ0) is 27.3. The summed E-state index contributed by atoms with van der Waals surface area (Å²) in [5.74, 6) is -4.38. The van der Waals surface area contributed by atoms with Gasteiger partial charge >= 0.3 is 11.9 Å². The number of nitrogens with one attached hydrogen (secondary N) is 2. The highest BCUT2D eigenvalue weighted by Gasteiger charge is 2.64. The molecule has 0 aliphatic carbocycles. The highest BCUT2D eigenvalue weighted by Crippen LogP contribution is 2.50. The first-order valence-corrected chi connectivity index (χ1v) is 10.4. The van der Waals surface area contributed by atoms with Crippen LogP contribution >= 0.6 is 11.8 Å². The van der Waals surface area contributed by atoms with Crippen LogP contribution in [0.25, 0.3) is 0 Å². The van der Waals surface area contributed by atoms with Gasteiger partial charge in [0.15, 0.2) is 0 Å². The maximum atomic E-state index is 13.4. The lowest BCUT2D eigenvalue weighted by atomic mass is 9.95. The number of aliphatic carboxylic acids is 1. The molecule has 1 aromatic carbocycles. The number of carbonyl (C=O) groups excluding carboxylic acids is 3. The van der Waals surface area contributed by atoms with Gasteiger partial charge in [-0.05, 0) is 38.4 Å². The lowest BCUT2D eigenvalue weighted by molar-refractivity contribution is -0.161. The summed E-state index contributed by atoms with van der Waals surface area (Å²) in [6, 6.07) is -6.76. The van der Waals surface area contributed by atoms with Crippen LogP contribution in [-0.2, 0) is 23.9 Å². The fourth-order valence-corrected chi connectivity index (χ4v) is 5.24. The third kappa shape index (κ3) is 4.38. The number of hydrogen-bond acceptors (Lipinski definition) is 8. The summed E-state index contributed by atoms with van der Waals surface area (Å²) < 4.78 is 35.9. The summed E-state index contributed by atoms with van der Waals surface area (Å²) in [7, 11) is 1.14. The average molecular weight is 468 g/mol. The van der Waals surface area contributed by atoms with Crippen molar-refractivity contribution in [2.24, 2.45) is 0 Å². The number of amides is 2. The second-order valence-electron chi connectivity index (χ2n) is 7.77. The van der Waals surface area contributed by atoms with Gasteiger partial charge in [0.25, 0.3) is 0 Å². The number of allylic oxidation sites excluding steroid dienone is 1. The van der Waals surface area contributed by atoms with Crippen LogP contribution in [0, 0.1) is 0 Å². The number of phenolic OH excluding ortho intramolecular Hbond substituents is 1. The number of esters is 1. The van der Waals surface area contributed by atoms with E-state index in [0.717, 1.165) is 13.2 Å². The van der Waals surface area contributed by atoms with Crippen LogP contribution in [-0.4, -0.2) is 68.2 Å². The Bertz CT molecular complexity index is 1160. The maximum Gasteiger partial charge on any atom is 0.332 e. The Balaban J connectivity index is 1.98. The van der Waals surface area contributed by atoms with Gasteiger partial charge in [-0.1, -0.05) is 12.1 Å². The predicted octanol–water partition coefficient (Wildman–Crippen LogP) is 0.731. The first-order valence-electron chi connectivity index (χ1n) is 11.5. The van der Waals surface area contributed by atoms with Gasteiger partial charge in [-0.3, -0.25) is 9.59 Å². The van der Waals surface area contributed by atoms with Crippen molar-refractivity contribution in [3.05, 3.63) is 41.5 Å². The first kappa shape index (κ1) is 18.4. The zero-order valence-corrected chi connectivity index (χ0v) is 18.5. The number of phenols is 1. The lowest BCUT2D eigenvalue weighted by Crippen LogP contribution is -2.71. The summed E-state index contributed by atoms with van der Waals surface area (Å²) in [5, 5.41) is 24.0. The second-order valence-corrected chi connectivity index (χ2v) is 9.55. The van der Waals surface area contributed by atoms with Gasteiger partial charge in [-0.2, -0.15) is 0 Å². The second kappa shape index (κ2) is 8.73. The van der Waals surface area contributed by atoms with Gasteiger partial charge in [-0.15, -0.1) is 11.8 Å². The molecule has 0 aromatic heterocycles. The van der Waals surface area contributed by atoms with Crippen LogP contribution in [0.3, 0.4) is 0 Å². The number of ether oxygens (including phenoxy) is 1. The number of nitrogens with zero attached hydrogens (tertiary/aromatic N) is 1. The Hall–Kier alpha value is -3.21. The molecule has 2 amide bonds. The number of hydrogen-bond donors (Lipinski definition) is 4. The van der Waals surface area contributed by atoms with Crippen molar-refractivity contribution in [3.8, 4) is 5.75 Å². The molecule has 4 atom stereocenters. The minimum absolute atomic E-state index is 0.0795. The standard InChI is InChI=1S/C21H25N3O7S/c1-10(9-13(26)31-4)22-14(11-5-7-12(25)8-6-11)17(27)23-15-18(28)24-16(20(29)30)21(2,3)32-19(15)24/h5-9,14-16,19,22,25H,1-4H3,(H,23,27)(H,29,30)/b10-9+/t14-,15-,16+,19-/m1/s1/i5D,6D,7D,8D. The monoisotopic (exact) mass is 467 g/mol. The topological polar surface area (TPSA) is 145 Å². The van der Waals surface area contributed by atoms with Crippen molar-refractivity contribution in [1.29, 1.82) is 0 Å². The predicted molar refractivity (Wildman–Crippen MR) is 115 cm³/mol. The molecule has 0 bridgehead atoms. The van der Waals surface area contributed by atoms with Crippen molar-refractivity contribution in [1.82, 2.24) is 15.5 Å². The SMILES string of the molecule is [2H]c1c([2H])c([C@@H](N/C(C)=C/C(=O)OC)C(=O)N[C@@H]2C(=O)N3[C@@H]2SC(C)(C)[C@@H]3C(=O)O)c([2H])c([2H])c1O. The molecule has 32 heavy (non-hydrogen) atoms. The number of benzene rings is 1. The summed E-state index contributed by atoms with van der Waals surface area (Å²) in [5.41, 5.74) is -0.347. The van der Waals surface area contributed by atoms with E-state index in [4.69, 9.17) is 5.48 Å². The molecule has 0 saturated carbocycles. The number of carboxylic acid groups (broad SMARTS) is 1. The van der Waals surface area contributed by atoms with Crippen LogP contribution in [0.1, 0.15) is 37.9 Å². The summed E-state index contributed by atoms with van der Waals surface area (Å²) in [6.07, 6.45) is 1.00. The highest BCUT2D eigenvalue weighted by molar-refractivity contribution is 8.01. The fraction of sp³-hybridized carbons (Fsp3) is 0.429. The van der Waals surface area contributed by atoms with E-state index in [-0.39, 0.29) is 5.70 Å². The number of carbonyl (C=O) groups is 4. The highest BCUT2D eigenvalue weighted by atomic mass is 32.2. The minimum Gasteiger partial charge on any atom is -0.508 e. The zero-order valence-electron chi connectivity index (χ0n) is 21.7. The molecular formula is C21H25N3O7S. The molecule has 172 valence electrons. The number of fused-ring (bicyclic) bond motifs is 1. The molecule has 4 N–H and O–H groups in total. The molecular weight excluding hydrogens is 438 g/mol. The molecule has 2 fully saturated rings. The van der Waals surface area contributed by atoms with Crippen LogP contribution < -0.4 is 10.6 Å². The quantitative estimate of drug-likeness (QED) is 0.259. The Morgan fingerprint density at radius 2 is 1.94 bits per heavy atom. The summed E-state index contributed by atoms with van der Waals surface area (Å²) in [6.45, 7) is 4.75. The van der Waals surface area contributed by atoms with E-state index in [0.29, 0.717) is 0 Å². The number of carboxylic acids is 1.